The van der Waals surface area contributed by atoms with Crippen LogP contribution in [0.25, 0.3) is 0 Å². The van der Waals surface area contributed by atoms with Crippen molar-refractivity contribution in [2.24, 2.45) is 5.73 Å². The van der Waals surface area contributed by atoms with Crippen LogP contribution in [0.1, 0.15) is 38.6 Å². The molecule has 0 saturated carbocycles. The SMILES string of the molecule is CCSc1ccsc1C(N)C(=O)NC1(C)C(=O)N2[C@@H](C(=O)O)C(C)(C)S[C@@H]21. The minimum absolute atomic E-state index is 0.382. The smallest absolute Gasteiger partial charge is 0.327 e. The second-order valence-corrected chi connectivity index (χ2v) is 11.3. The van der Waals surface area contributed by atoms with E-state index >= 15 is 0 Å². The van der Waals surface area contributed by atoms with E-state index in [9.17, 15) is 19.5 Å². The first-order valence-electron chi connectivity index (χ1n) is 8.55. The topological polar surface area (TPSA) is 113 Å². The Morgan fingerprint density at radius 2 is 2.11 bits per heavy atom. The van der Waals surface area contributed by atoms with E-state index in [4.69, 9.17) is 5.73 Å². The van der Waals surface area contributed by atoms with Gasteiger partial charge in [0.25, 0.3) is 5.91 Å². The summed E-state index contributed by atoms with van der Waals surface area (Å²) < 4.78 is -0.643. The highest BCUT2D eigenvalue weighted by atomic mass is 32.2. The van der Waals surface area contributed by atoms with Crippen LogP contribution in [-0.2, 0) is 14.4 Å². The molecule has 4 atom stereocenters. The molecule has 2 saturated heterocycles. The van der Waals surface area contributed by atoms with Crippen LogP contribution in [0.5, 0.6) is 0 Å². The van der Waals surface area contributed by atoms with Gasteiger partial charge in [-0.05, 0) is 38.0 Å². The van der Waals surface area contributed by atoms with E-state index in [-0.39, 0.29) is 5.91 Å². The molecule has 0 aliphatic carbocycles. The Bertz CT molecular complexity index is 796. The van der Waals surface area contributed by atoms with Crippen molar-refractivity contribution in [2.45, 2.75) is 60.3 Å². The number of aliphatic carboxylic acids is 1. The van der Waals surface area contributed by atoms with Crippen molar-refractivity contribution >= 4 is 52.6 Å². The quantitative estimate of drug-likeness (QED) is 0.467. The van der Waals surface area contributed by atoms with Gasteiger partial charge < -0.3 is 21.1 Å². The molecule has 2 aliphatic rings. The van der Waals surface area contributed by atoms with E-state index in [0.29, 0.717) is 0 Å². The standard InChI is InChI=1S/C17H23N3O4S3/c1-5-25-8-6-7-26-10(8)9(18)12(21)19-17(4)14(24)20-11(13(22)23)16(2,3)27-15(17)20/h6-7,9,11,15H,5,18H2,1-4H3,(H,19,21)(H,22,23)/t9?,11-,15+,17?/m0/s1. The van der Waals surface area contributed by atoms with Crippen LogP contribution < -0.4 is 11.1 Å². The maximum atomic E-state index is 12.8. The highest BCUT2D eigenvalue weighted by Gasteiger charge is 2.70. The molecule has 27 heavy (non-hydrogen) atoms. The van der Waals surface area contributed by atoms with Gasteiger partial charge in [0.05, 0.1) is 0 Å². The van der Waals surface area contributed by atoms with Gasteiger partial charge in [-0.2, -0.15) is 0 Å². The van der Waals surface area contributed by atoms with Gasteiger partial charge in [0.1, 0.15) is 23.0 Å². The minimum atomic E-state index is -1.16. The third-order valence-corrected chi connectivity index (χ3v) is 8.75. The molecule has 1 aromatic rings. The van der Waals surface area contributed by atoms with E-state index in [1.54, 1.807) is 32.5 Å². The number of β-lactam (4-membered cyclic amide) rings is 1. The van der Waals surface area contributed by atoms with Crippen molar-refractivity contribution in [3.8, 4) is 0 Å². The predicted molar refractivity (Wildman–Crippen MR) is 108 cm³/mol. The fourth-order valence-corrected chi connectivity index (χ4v) is 7.19. The third kappa shape index (κ3) is 3.16. The Morgan fingerprint density at radius 3 is 2.70 bits per heavy atom. The van der Waals surface area contributed by atoms with Crippen LogP contribution in [0, 0.1) is 0 Å². The van der Waals surface area contributed by atoms with Crippen LogP contribution in [0.4, 0.5) is 0 Å². The average Bonchev–Trinajstić information content (AvgIpc) is 3.14. The molecule has 10 heteroatoms. The van der Waals surface area contributed by atoms with Gasteiger partial charge in [-0.15, -0.1) is 34.9 Å². The summed E-state index contributed by atoms with van der Waals surface area (Å²) in [6.07, 6.45) is 0. The van der Waals surface area contributed by atoms with Crippen molar-refractivity contribution in [3.63, 3.8) is 0 Å². The number of carbonyl (C=O) groups is 3. The summed E-state index contributed by atoms with van der Waals surface area (Å²) in [6, 6.07) is 0.155. The number of nitrogens with two attached hydrogens (primary N) is 1. The molecular weight excluding hydrogens is 406 g/mol. The molecular formula is C17H23N3O4S3. The lowest BCUT2D eigenvalue weighted by Gasteiger charge is -2.51. The molecule has 7 nitrogen and oxygen atoms in total. The maximum absolute atomic E-state index is 12.8. The highest BCUT2D eigenvalue weighted by molar-refractivity contribution is 8.01. The van der Waals surface area contributed by atoms with E-state index in [1.807, 2.05) is 18.4 Å². The number of rotatable bonds is 6. The number of hydrogen-bond donors (Lipinski definition) is 3. The molecule has 3 heterocycles. The van der Waals surface area contributed by atoms with Gasteiger partial charge in [-0.3, -0.25) is 9.59 Å². The highest BCUT2D eigenvalue weighted by Crippen LogP contribution is 2.54. The number of fused-ring (bicyclic) bond motifs is 1. The number of carboxylic acids is 1. The van der Waals surface area contributed by atoms with Gasteiger partial charge in [0.2, 0.25) is 5.91 Å². The van der Waals surface area contributed by atoms with Crippen LogP contribution in [0.2, 0.25) is 0 Å². The second-order valence-electron chi connectivity index (χ2n) is 7.28. The molecule has 2 unspecified atom stereocenters. The Morgan fingerprint density at radius 1 is 1.44 bits per heavy atom. The van der Waals surface area contributed by atoms with Crippen molar-refractivity contribution < 1.29 is 19.5 Å². The zero-order chi connectivity index (χ0) is 20.1. The first kappa shape index (κ1) is 20.5. The van der Waals surface area contributed by atoms with E-state index < -0.39 is 39.6 Å². The number of nitrogens with one attached hydrogen (secondary N) is 1. The van der Waals surface area contributed by atoms with Crippen LogP contribution >= 0.6 is 34.9 Å². The average molecular weight is 430 g/mol. The number of thiophene rings is 1. The fraction of sp³-hybridized carbons (Fsp3) is 0.588. The number of amides is 2. The molecule has 0 radical (unpaired) electrons. The lowest BCUT2D eigenvalue weighted by atomic mass is 9.86. The van der Waals surface area contributed by atoms with Gasteiger partial charge >= 0.3 is 5.97 Å². The van der Waals surface area contributed by atoms with Crippen molar-refractivity contribution in [1.29, 1.82) is 0 Å². The summed E-state index contributed by atoms with van der Waals surface area (Å²) in [7, 11) is 0. The summed E-state index contributed by atoms with van der Waals surface area (Å²) in [5, 5.41) is 13.8. The van der Waals surface area contributed by atoms with Crippen LogP contribution in [0.3, 0.4) is 0 Å². The molecule has 0 aromatic carbocycles. The summed E-state index contributed by atoms with van der Waals surface area (Å²) in [6.45, 7) is 7.27. The van der Waals surface area contributed by atoms with Crippen molar-refractivity contribution in [3.05, 3.63) is 16.3 Å². The van der Waals surface area contributed by atoms with Gasteiger partial charge in [-0.25, -0.2) is 4.79 Å². The predicted octanol–water partition coefficient (Wildman–Crippen LogP) is 1.88. The lowest BCUT2D eigenvalue weighted by molar-refractivity contribution is -0.168. The van der Waals surface area contributed by atoms with E-state index in [1.165, 1.54) is 28.0 Å². The molecule has 1 aromatic heterocycles. The summed E-state index contributed by atoms with van der Waals surface area (Å²) in [5.74, 6) is -0.975. The van der Waals surface area contributed by atoms with Crippen LogP contribution in [-0.4, -0.2) is 55.2 Å². The lowest BCUT2D eigenvalue weighted by Crippen LogP contribution is -2.78. The Hall–Kier alpha value is -1.23. The zero-order valence-corrected chi connectivity index (χ0v) is 18.0. The zero-order valence-electron chi connectivity index (χ0n) is 15.5. The number of nitrogens with zero attached hydrogens (tertiary/aromatic N) is 1. The third-order valence-electron chi connectivity index (χ3n) is 4.92. The monoisotopic (exact) mass is 429 g/mol. The Balaban J connectivity index is 1.78. The molecule has 3 rings (SSSR count). The number of thioether (sulfide) groups is 2. The Kier molecular flexibility index (Phi) is 5.30. The molecule has 2 fully saturated rings. The normalized spacial score (nSPS) is 29.8. The van der Waals surface area contributed by atoms with E-state index in [0.717, 1.165) is 15.5 Å². The largest absolute Gasteiger partial charge is 0.480 e. The van der Waals surface area contributed by atoms with Crippen molar-refractivity contribution in [1.82, 2.24) is 10.2 Å². The first-order valence-corrected chi connectivity index (χ1v) is 11.3. The molecule has 148 valence electrons. The fourth-order valence-electron chi connectivity index (χ4n) is 3.60. The molecule has 0 bridgehead atoms. The Labute approximate surface area is 170 Å². The second kappa shape index (κ2) is 6.98. The van der Waals surface area contributed by atoms with Gasteiger partial charge in [-0.1, -0.05) is 6.92 Å². The number of carboxylic acid groups (broad SMARTS) is 1. The molecule has 2 amide bonds. The van der Waals surface area contributed by atoms with E-state index in [2.05, 4.69) is 5.32 Å². The summed E-state index contributed by atoms with van der Waals surface area (Å²) >= 11 is 4.43. The summed E-state index contributed by atoms with van der Waals surface area (Å²) in [4.78, 5) is 40.3. The van der Waals surface area contributed by atoms with Crippen LogP contribution in [0.15, 0.2) is 16.3 Å². The molecule has 0 spiro atoms. The van der Waals surface area contributed by atoms with Gasteiger partial charge in [0, 0.05) is 14.5 Å². The summed E-state index contributed by atoms with van der Waals surface area (Å²) in [5.41, 5.74) is 5.01. The minimum Gasteiger partial charge on any atom is -0.480 e. The van der Waals surface area contributed by atoms with Crippen molar-refractivity contribution in [2.75, 3.05) is 5.75 Å². The molecule has 2 aliphatic heterocycles. The number of carbonyl (C=O) groups excluding carboxylic acids is 2. The van der Waals surface area contributed by atoms with Gasteiger partial charge in [0.15, 0.2) is 0 Å². The maximum Gasteiger partial charge on any atom is 0.327 e. The first-order chi connectivity index (χ1) is 12.5. The number of hydrogen-bond acceptors (Lipinski definition) is 7. The molecule has 4 N–H and O–H groups in total.